The molecule has 3 aromatic carbocycles. The van der Waals surface area contributed by atoms with E-state index in [0.29, 0.717) is 23.7 Å². The molecule has 0 fully saturated rings. The number of carbonyl (C=O) groups excluding carboxylic acids is 2. The molecule has 6 heteroatoms. The highest BCUT2D eigenvalue weighted by Gasteiger charge is 2.30. The van der Waals surface area contributed by atoms with Gasteiger partial charge >= 0.3 is 0 Å². The maximum absolute atomic E-state index is 13.6. The van der Waals surface area contributed by atoms with Gasteiger partial charge in [-0.3, -0.25) is 9.59 Å². The fourth-order valence-corrected chi connectivity index (χ4v) is 4.27. The summed E-state index contributed by atoms with van der Waals surface area (Å²) in [5.41, 5.74) is 3.93. The van der Waals surface area contributed by atoms with Crippen molar-refractivity contribution < 1.29 is 14.3 Å². The lowest BCUT2D eigenvalue weighted by molar-refractivity contribution is -0.142. The van der Waals surface area contributed by atoms with E-state index >= 15 is 0 Å². The van der Waals surface area contributed by atoms with Gasteiger partial charge in [0.15, 0.2) is 6.61 Å². The van der Waals surface area contributed by atoms with Crippen molar-refractivity contribution in [2.24, 2.45) is 5.92 Å². The van der Waals surface area contributed by atoms with E-state index < -0.39 is 6.04 Å². The summed E-state index contributed by atoms with van der Waals surface area (Å²) in [5, 5.41) is 3.60. The molecular formula is C30H35ClN2O3. The van der Waals surface area contributed by atoms with E-state index in [9.17, 15) is 9.59 Å². The topological polar surface area (TPSA) is 58.6 Å². The highest BCUT2D eigenvalue weighted by atomic mass is 35.5. The van der Waals surface area contributed by atoms with Gasteiger partial charge < -0.3 is 15.0 Å². The Morgan fingerprint density at radius 2 is 1.58 bits per heavy atom. The van der Waals surface area contributed by atoms with Crippen LogP contribution in [0.4, 0.5) is 0 Å². The van der Waals surface area contributed by atoms with E-state index in [1.165, 1.54) is 0 Å². The first kappa shape index (κ1) is 27.3. The van der Waals surface area contributed by atoms with Gasteiger partial charge in [-0.2, -0.15) is 0 Å². The van der Waals surface area contributed by atoms with E-state index in [1.54, 1.807) is 11.0 Å². The number of nitrogens with one attached hydrogen (secondary N) is 1. The van der Waals surface area contributed by atoms with Crippen molar-refractivity contribution in [2.45, 2.75) is 46.7 Å². The van der Waals surface area contributed by atoms with E-state index in [0.717, 1.165) is 22.3 Å². The van der Waals surface area contributed by atoms with Crippen LogP contribution in [-0.2, 0) is 22.6 Å². The average Bonchev–Trinajstić information content (AvgIpc) is 2.83. The van der Waals surface area contributed by atoms with E-state index in [1.807, 2.05) is 88.4 Å². The first-order chi connectivity index (χ1) is 17.2. The monoisotopic (exact) mass is 506 g/mol. The SMILES string of the molecule is Cc1cc(C)cc(OCC(=O)N(Cc2cccc(Cl)c2)[C@H](Cc2ccccc2)C(=O)NCC(C)C)c1. The molecule has 0 aliphatic heterocycles. The number of hydrogen-bond acceptors (Lipinski definition) is 3. The van der Waals surface area contributed by atoms with E-state index in [-0.39, 0.29) is 30.9 Å². The smallest absolute Gasteiger partial charge is 0.261 e. The van der Waals surface area contributed by atoms with Crippen LogP contribution in [0.2, 0.25) is 5.02 Å². The molecule has 0 radical (unpaired) electrons. The number of ether oxygens (including phenoxy) is 1. The third-order valence-electron chi connectivity index (χ3n) is 5.76. The van der Waals surface area contributed by atoms with Gasteiger partial charge in [-0.25, -0.2) is 0 Å². The molecule has 0 heterocycles. The number of aryl methyl sites for hydroxylation is 2. The molecule has 5 nitrogen and oxygen atoms in total. The van der Waals surface area contributed by atoms with Crippen molar-refractivity contribution in [2.75, 3.05) is 13.2 Å². The molecule has 1 atom stereocenters. The van der Waals surface area contributed by atoms with Crippen LogP contribution >= 0.6 is 11.6 Å². The summed E-state index contributed by atoms with van der Waals surface area (Å²) in [6, 6.07) is 22.2. The van der Waals surface area contributed by atoms with Crippen LogP contribution in [0.5, 0.6) is 5.75 Å². The van der Waals surface area contributed by atoms with Gasteiger partial charge in [-0.15, -0.1) is 0 Å². The van der Waals surface area contributed by atoms with Gasteiger partial charge in [0.25, 0.3) is 5.91 Å². The van der Waals surface area contributed by atoms with Crippen LogP contribution in [0.3, 0.4) is 0 Å². The third kappa shape index (κ3) is 8.42. The largest absolute Gasteiger partial charge is 0.484 e. The first-order valence-electron chi connectivity index (χ1n) is 12.3. The lowest BCUT2D eigenvalue weighted by atomic mass is 10.0. The molecule has 1 N–H and O–H groups in total. The summed E-state index contributed by atoms with van der Waals surface area (Å²) in [5.74, 6) is 0.466. The van der Waals surface area contributed by atoms with Crippen molar-refractivity contribution >= 4 is 23.4 Å². The number of carbonyl (C=O) groups is 2. The van der Waals surface area contributed by atoms with Crippen LogP contribution in [0.15, 0.2) is 72.8 Å². The Balaban J connectivity index is 1.91. The molecule has 0 unspecified atom stereocenters. The Kier molecular flexibility index (Phi) is 9.95. The Morgan fingerprint density at radius 3 is 2.22 bits per heavy atom. The van der Waals surface area contributed by atoms with Gasteiger partial charge in [0, 0.05) is 24.5 Å². The molecule has 0 saturated heterocycles. The Bertz CT molecular complexity index is 1140. The molecule has 0 bridgehead atoms. The summed E-state index contributed by atoms with van der Waals surface area (Å²) in [6.45, 7) is 8.65. The van der Waals surface area contributed by atoms with Crippen molar-refractivity contribution in [1.29, 1.82) is 0 Å². The lowest BCUT2D eigenvalue weighted by Gasteiger charge is -2.31. The standard InChI is InChI=1S/C30H35ClN2O3/c1-21(2)18-32-30(35)28(17-24-9-6-5-7-10-24)33(19-25-11-8-12-26(31)16-25)29(34)20-36-27-14-22(3)13-23(4)15-27/h5-16,21,28H,17-20H2,1-4H3,(H,32,35)/t28-/m1/s1. The molecule has 0 spiro atoms. The van der Waals surface area contributed by atoms with Gasteiger partial charge in [0.05, 0.1) is 0 Å². The van der Waals surface area contributed by atoms with Crippen molar-refractivity contribution in [3.05, 3.63) is 100 Å². The molecule has 0 aliphatic rings. The highest BCUT2D eigenvalue weighted by Crippen LogP contribution is 2.20. The summed E-state index contributed by atoms with van der Waals surface area (Å²) in [7, 11) is 0. The average molecular weight is 507 g/mol. The number of nitrogens with zero attached hydrogens (tertiary/aromatic N) is 1. The maximum Gasteiger partial charge on any atom is 0.261 e. The fourth-order valence-electron chi connectivity index (χ4n) is 4.05. The molecule has 0 aromatic heterocycles. The second-order valence-corrected chi connectivity index (χ2v) is 10.0. The highest BCUT2D eigenvalue weighted by molar-refractivity contribution is 6.30. The van der Waals surface area contributed by atoms with Crippen LogP contribution in [0.1, 0.15) is 36.1 Å². The maximum atomic E-state index is 13.6. The first-order valence-corrected chi connectivity index (χ1v) is 12.7. The quantitative estimate of drug-likeness (QED) is 0.360. The normalized spacial score (nSPS) is 11.7. The molecule has 2 amide bonds. The second-order valence-electron chi connectivity index (χ2n) is 9.61. The molecule has 3 rings (SSSR count). The molecule has 0 saturated carbocycles. The molecule has 190 valence electrons. The van der Waals surface area contributed by atoms with Crippen LogP contribution in [0.25, 0.3) is 0 Å². The van der Waals surface area contributed by atoms with Crippen LogP contribution < -0.4 is 10.1 Å². The minimum atomic E-state index is -0.708. The molecule has 3 aromatic rings. The molecule has 36 heavy (non-hydrogen) atoms. The third-order valence-corrected chi connectivity index (χ3v) is 5.99. The zero-order chi connectivity index (χ0) is 26.1. The van der Waals surface area contributed by atoms with Crippen molar-refractivity contribution in [3.8, 4) is 5.75 Å². The zero-order valence-corrected chi connectivity index (χ0v) is 22.2. The Labute approximate surface area is 219 Å². The van der Waals surface area contributed by atoms with Crippen LogP contribution in [0, 0.1) is 19.8 Å². The summed E-state index contributed by atoms with van der Waals surface area (Å²) < 4.78 is 5.90. The van der Waals surface area contributed by atoms with Crippen molar-refractivity contribution in [3.63, 3.8) is 0 Å². The van der Waals surface area contributed by atoms with Crippen molar-refractivity contribution in [1.82, 2.24) is 10.2 Å². The van der Waals surface area contributed by atoms with E-state index in [4.69, 9.17) is 16.3 Å². The minimum absolute atomic E-state index is 0.174. The van der Waals surface area contributed by atoms with Gasteiger partial charge in [-0.1, -0.05) is 74.0 Å². The van der Waals surface area contributed by atoms with Gasteiger partial charge in [0.2, 0.25) is 5.91 Å². The predicted molar refractivity (Wildman–Crippen MR) is 145 cm³/mol. The number of rotatable bonds is 11. The predicted octanol–water partition coefficient (Wildman–Crippen LogP) is 5.75. The second kappa shape index (κ2) is 13.1. The number of halogens is 1. The summed E-state index contributed by atoms with van der Waals surface area (Å²) >= 11 is 6.23. The van der Waals surface area contributed by atoms with Gasteiger partial charge in [0.1, 0.15) is 11.8 Å². The number of amides is 2. The van der Waals surface area contributed by atoms with Gasteiger partial charge in [-0.05, 0) is 66.3 Å². The molecular weight excluding hydrogens is 472 g/mol. The lowest BCUT2D eigenvalue weighted by Crippen LogP contribution is -2.52. The minimum Gasteiger partial charge on any atom is -0.484 e. The number of hydrogen-bond donors (Lipinski definition) is 1. The fraction of sp³-hybridized carbons (Fsp3) is 0.333. The molecule has 0 aliphatic carbocycles. The van der Waals surface area contributed by atoms with Crippen LogP contribution in [-0.4, -0.2) is 35.9 Å². The number of benzene rings is 3. The Morgan fingerprint density at radius 1 is 0.917 bits per heavy atom. The Hall–Kier alpha value is -3.31. The zero-order valence-electron chi connectivity index (χ0n) is 21.5. The summed E-state index contributed by atoms with van der Waals surface area (Å²) in [4.78, 5) is 28.7. The van der Waals surface area contributed by atoms with E-state index in [2.05, 4.69) is 11.4 Å². The summed E-state index contributed by atoms with van der Waals surface area (Å²) in [6.07, 6.45) is 0.390.